The zero-order valence-corrected chi connectivity index (χ0v) is 11.0. The van der Waals surface area contributed by atoms with Crippen LogP contribution in [-0.4, -0.2) is 4.98 Å². The molecule has 1 unspecified atom stereocenters. The zero-order chi connectivity index (χ0) is 13.8. The molecule has 0 bridgehead atoms. The van der Waals surface area contributed by atoms with Gasteiger partial charge in [-0.15, -0.1) is 0 Å². The third kappa shape index (κ3) is 3.35. The lowest BCUT2D eigenvalue weighted by Crippen LogP contribution is -2.19. The van der Waals surface area contributed by atoms with Crippen molar-refractivity contribution in [3.8, 4) is 0 Å². The number of hydrogen-bond donors (Lipinski definition) is 1. The Balaban J connectivity index is 2.08. The molecule has 0 saturated heterocycles. The first-order valence-electron chi connectivity index (χ1n) is 6.15. The van der Waals surface area contributed by atoms with Crippen molar-refractivity contribution in [2.24, 2.45) is 0 Å². The van der Waals surface area contributed by atoms with E-state index >= 15 is 0 Å². The number of nitrogens with zero attached hydrogens (tertiary/aromatic N) is 1. The predicted molar refractivity (Wildman–Crippen MR) is 70.6 cm³/mol. The summed E-state index contributed by atoms with van der Waals surface area (Å²) in [6.07, 6.45) is 3.44. The van der Waals surface area contributed by atoms with Crippen LogP contribution in [0.1, 0.15) is 29.7 Å². The van der Waals surface area contributed by atoms with Crippen LogP contribution >= 0.6 is 0 Å². The van der Waals surface area contributed by atoms with Crippen molar-refractivity contribution >= 4 is 0 Å². The number of nitrogens with one attached hydrogen (secondary N) is 1. The van der Waals surface area contributed by atoms with E-state index in [1.165, 1.54) is 12.1 Å². The molecule has 1 aromatic heterocycles. The molecular weight excluding hydrogens is 246 g/mol. The molecule has 100 valence electrons. The molecule has 1 heterocycles. The fourth-order valence-electron chi connectivity index (χ4n) is 1.88. The van der Waals surface area contributed by atoms with Gasteiger partial charge in [0.15, 0.2) is 0 Å². The Morgan fingerprint density at radius 3 is 2.74 bits per heavy atom. The van der Waals surface area contributed by atoms with Gasteiger partial charge in [-0.3, -0.25) is 4.98 Å². The summed E-state index contributed by atoms with van der Waals surface area (Å²) in [7, 11) is 0. The van der Waals surface area contributed by atoms with E-state index < -0.39 is 0 Å². The summed E-state index contributed by atoms with van der Waals surface area (Å²) in [6.45, 7) is 3.92. The maximum Gasteiger partial charge on any atom is 0.128 e. The van der Waals surface area contributed by atoms with E-state index in [0.29, 0.717) is 17.7 Å². The highest BCUT2D eigenvalue weighted by Crippen LogP contribution is 2.20. The molecule has 4 heteroatoms. The average Bonchev–Trinajstić information content (AvgIpc) is 2.41. The van der Waals surface area contributed by atoms with E-state index in [9.17, 15) is 8.78 Å². The smallest absolute Gasteiger partial charge is 0.128 e. The monoisotopic (exact) mass is 262 g/mol. The lowest BCUT2D eigenvalue weighted by atomic mass is 10.0. The number of halogens is 2. The van der Waals surface area contributed by atoms with Crippen LogP contribution in [0.3, 0.4) is 0 Å². The fraction of sp³-hybridized carbons (Fsp3) is 0.267. The average molecular weight is 262 g/mol. The molecule has 19 heavy (non-hydrogen) atoms. The van der Waals surface area contributed by atoms with Crippen LogP contribution in [0.5, 0.6) is 0 Å². The highest BCUT2D eigenvalue weighted by molar-refractivity contribution is 5.27. The minimum Gasteiger partial charge on any atom is -0.306 e. The van der Waals surface area contributed by atoms with Crippen LogP contribution in [0.15, 0.2) is 36.7 Å². The molecular formula is C15H16F2N2. The number of hydrogen-bond acceptors (Lipinski definition) is 2. The first-order chi connectivity index (χ1) is 9.08. The maximum atomic E-state index is 13.8. The molecule has 2 rings (SSSR count). The van der Waals surface area contributed by atoms with Gasteiger partial charge in [0.1, 0.15) is 11.6 Å². The van der Waals surface area contributed by atoms with Crippen LogP contribution in [0.4, 0.5) is 8.78 Å². The van der Waals surface area contributed by atoms with Gasteiger partial charge < -0.3 is 5.32 Å². The summed E-state index contributed by atoms with van der Waals surface area (Å²) in [5, 5.41) is 3.16. The highest BCUT2D eigenvalue weighted by atomic mass is 19.1. The summed E-state index contributed by atoms with van der Waals surface area (Å²) < 4.78 is 27.3. The first kappa shape index (κ1) is 13.6. The van der Waals surface area contributed by atoms with Gasteiger partial charge >= 0.3 is 0 Å². The third-order valence-corrected chi connectivity index (χ3v) is 3.08. The molecule has 0 aliphatic carbocycles. The van der Waals surface area contributed by atoms with Gasteiger partial charge in [-0.25, -0.2) is 8.78 Å². The largest absolute Gasteiger partial charge is 0.306 e. The summed E-state index contributed by atoms with van der Waals surface area (Å²) >= 11 is 0. The van der Waals surface area contributed by atoms with Crippen LogP contribution in [-0.2, 0) is 6.54 Å². The van der Waals surface area contributed by atoms with E-state index in [-0.39, 0.29) is 17.7 Å². The highest BCUT2D eigenvalue weighted by Gasteiger charge is 2.13. The summed E-state index contributed by atoms with van der Waals surface area (Å²) in [6, 6.07) is 5.99. The van der Waals surface area contributed by atoms with Crippen molar-refractivity contribution in [2.75, 3.05) is 0 Å². The summed E-state index contributed by atoms with van der Waals surface area (Å²) in [5.41, 5.74) is 1.66. The topological polar surface area (TPSA) is 24.9 Å². The molecule has 0 fully saturated rings. The third-order valence-electron chi connectivity index (χ3n) is 3.08. The van der Waals surface area contributed by atoms with Gasteiger partial charge in [0.25, 0.3) is 0 Å². The van der Waals surface area contributed by atoms with Gasteiger partial charge in [-0.05, 0) is 43.2 Å². The second-order valence-electron chi connectivity index (χ2n) is 4.59. The van der Waals surface area contributed by atoms with Crippen LogP contribution in [0.2, 0.25) is 0 Å². The SMILES string of the molecule is Cc1cc(F)c(C(C)NCc2cccnc2)cc1F. The molecule has 0 saturated carbocycles. The molecule has 0 amide bonds. The van der Waals surface area contributed by atoms with Gasteiger partial charge in [-0.2, -0.15) is 0 Å². The Morgan fingerprint density at radius 1 is 1.26 bits per heavy atom. The van der Waals surface area contributed by atoms with E-state index in [0.717, 1.165) is 5.56 Å². The maximum absolute atomic E-state index is 13.8. The molecule has 1 aromatic carbocycles. The molecule has 0 aliphatic heterocycles. The normalized spacial score (nSPS) is 12.4. The number of aromatic nitrogens is 1. The number of rotatable bonds is 4. The number of pyridine rings is 1. The standard InChI is InChI=1S/C15H16F2N2/c1-10-6-15(17)13(7-14(10)16)11(2)19-9-12-4-3-5-18-8-12/h3-8,11,19H,9H2,1-2H3. The van der Waals surface area contributed by atoms with E-state index in [4.69, 9.17) is 0 Å². The second-order valence-corrected chi connectivity index (χ2v) is 4.59. The van der Waals surface area contributed by atoms with Crippen LogP contribution in [0.25, 0.3) is 0 Å². The quantitative estimate of drug-likeness (QED) is 0.912. The van der Waals surface area contributed by atoms with E-state index in [1.807, 2.05) is 19.1 Å². The van der Waals surface area contributed by atoms with Crippen molar-refractivity contribution in [3.63, 3.8) is 0 Å². The number of benzene rings is 1. The van der Waals surface area contributed by atoms with E-state index in [2.05, 4.69) is 10.3 Å². The van der Waals surface area contributed by atoms with Crippen molar-refractivity contribution < 1.29 is 8.78 Å². The Hall–Kier alpha value is -1.81. The van der Waals surface area contributed by atoms with Gasteiger partial charge in [0.05, 0.1) is 0 Å². The predicted octanol–water partition coefficient (Wildman–Crippen LogP) is 3.52. The van der Waals surface area contributed by atoms with Gasteiger partial charge in [-0.1, -0.05) is 6.07 Å². The van der Waals surface area contributed by atoms with E-state index in [1.54, 1.807) is 19.3 Å². The molecule has 1 atom stereocenters. The van der Waals surface area contributed by atoms with Crippen molar-refractivity contribution in [2.45, 2.75) is 26.4 Å². The minimum absolute atomic E-state index is 0.268. The second kappa shape index (κ2) is 5.89. The minimum atomic E-state index is -0.384. The summed E-state index contributed by atoms with van der Waals surface area (Å²) in [4.78, 5) is 4.00. The molecule has 0 aliphatic rings. The lowest BCUT2D eigenvalue weighted by Gasteiger charge is -2.15. The molecule has 2 nitrogen and oxygen atoms in total. The van der Waals surface area contributed by atoms with Gasteiger partial charge in [0, 0.05) is 30.5 Å². The Morgan fingerprint density at radius 2 is 2.05 bits per heavy atom. The molecule has 1 N–H and O–H groups in total. The first-order valence-corrected chi connectivity index (χ1v) is 6.15. The van der Waals surface area contributed by atoms with Crippen molar-refractivity contribution in [3.05, 3.63) is 65.0 Å². The lowest BCUT2D eigenvalue weighted by molar-refractivity contribution is 0.516. The number of aryl methyl sites for hydroxylation is 1. The van der Waals surface area contributed by atoms with Crippen LogP contribution < -0.4 is 5.32 Å². The molecule has 0 spiro atoms. The summed E-state index contributed by atoms with van der Waals surface area (Å²) in [5.74, 6) is -0.767. The Labute approximate surface area is 111 Å². The Bertz CT molecular complexity index is 556. The van der Waals surface area contributed by atoms with Gasteiger partial charge in [0.2, 0.25) is 0 Å². The van der Waals surface area contributed by atoms with Crippen molar-refractivity contribution in [1.82, 2.24) is 10.3 Å². The zero-order valence-electron chi connectivity index (χ0n) is 11.0. The Kier molecular flexibility index (Phi) is 4.22. The van der Waals surface area contributed by atoms with Crippen LogP contribution in [0, 0.1) is 18.6 Å². The molecule has 0 radical (unpaired) electrons. The van der Waals surface area contributed by atoms with Crippen molar-refractivity contribution in [1.29, 1.82) is 0 Å². The molecule has 2 aromatic rings. The fourth-order valence-corrected chi connectivity index (χ4v) is 1.88.